The van der Waals surface area contributed by atoms with E-state index < -0.39 is 29.2 Å². The second-order valence-corrected chi connectivity index (χ2v) is 6.11. The Hall–Kier alpha value is -1.22. The average molecular weight is 343 g/mol. The largest absolute Gasteiger partial charge is 0.401 e. The molecule has 1 aromatic carbocycles. The summed E-state index contributed by atoms with van der Waals surface area (Å²) in [5.74, 6) is -3.66. The predicted molar refractivity (Wildman–Crippen MR) is 70.6 cm³/mol. The van der Waals surface area contributed by atoms with Crippen molar-refractivity contribution in [2.24, 2.45) is 10.9 Å². The summed E-state index contributed by atoms with van der Waals surface area (Å²) in [5.41, 5.74) is -2.11. The highest BCUT2D eigenvalue weighted by Crippen LogP contribution is 2.51. The van der Waals surface area contributed by atoms with Crippen molar-refractivity contribution in [3.05, 3.63) is 35.9 Å². The van der Waals surface area contributed by atoms with E-state index in [0.29, 0.717) is 17.3 Å². The Labute approximate surface area is 126 Å². The van der Waals surface area contributed by atoms with Gasteiger partial charge in [0.05, 0.1) is 5.25 Å². The average Bonchev–Trinajstić information content (AvgIpc) is 2.63. The summed E-state index contributed by atoms with van der Waals surface area (Å²) in [7, 11) is 0. The minimum atomic E-state index is -5.53. The van der Waals surface area contributed by atoms with Crippen LogP contribution in [0, 0.1) is 5.92 Å². The molecule has 0 saturated carbocycles. The number of halogens is 6. The van der Waals surface area contributed by atoms with Crippen LogP contribution in [0.25, 0.3) is 0 Å². The highest BCUT2D eigenvalue weighted by atomic mass is 32.2. The lowest BCUT2D eigenvalue weighted by atomic mass is 9.96. The number of alkyl halides is 6. The number of hydrogen-bond donors (Lipinski definition) is 1. The first-order chi connectivity index (χ1) is 9.93. The molecule has 0 radical (unpaired) electrons. The van der Waals surface area contributed by atoms with Gasteiger partial charge in [0.1, 0.15) is 5.04 Å². The van der Waals surface area contributed by atoms with E-state index in [-0.39, 0.29) is 5.04 Å². The van der Waals surface area contributed by atoms with Gasteiger partial charge >= 0.3 is 12.4 Å². The molecule has 0 aromatic heterocycles. The molecule has 1 aliphatic heterocycles. The number of benzene rings is 1. The minimum absolute atomic E-state index is 0.0471. The third-order valence-electron chi connectivity index (χ3n) is 3.13. The van der Waals surface area contributed by atoms with Crippen LogP contribution in [-0.4, -0.2) is 33.5 Å². The van der Waals surface area contributed by atoms with Gasteiger partial charge in [-0.2, -0.15) is 26.3 Å². The molecule has 122 valence electrons. The quantitative estimate of drug-likeness (QED) is 0.824. The van der Waals surface area contributed by atoms with Crippen molar-refractivity contribution in [2.45, 2.75) is 30.3 Å². The molecule has 1 heterocycles. The van der Waals surface area contributed by atoms with E-state index in [1.807, 2.05) is 0 Å². The molecule has 2 rings (SSSR count). The van der Waals surface area contributed by atoms with E-state index in [4.69, 9.17) is 0 Å². The number of aliphatic hydroxyl groups is 1. The fourth-order valence-corrected chi connectivity index (χ4v) is 3.62. The lowest BCUT2D eigenvalue weighted by Crippen LogP contribution is -2.50. The SMILES string of the molecule is CC1(O)N=C(c2ccccc2)SC1C(C(F)(F)F)C(F)(F)F. The van der Waals surface area contributed by atoms with Crippen LogP contribution >= 0.6 is 11.8 Å². The molecule has 0 bridgehead atoms. The number of rotatable bonds is 2. The Bertz CT molecular complexity index is 552. The third kappa shape index (κ3) is 3.40. The maximum atomic E-state index is 12.8. The summed E-state index contributed by atoms with van der Waals surface area (Å²) in [4.78, 5) is 3.66. The predicted octanol–water partition coefficient (Wildman–Crippen LogP) is 4.00. The molecule has 0 fully saturated rings. The first-order valence-corrected chi connectivity index (χ1v) is 6.98. The van der Waals surface area contributed by atoms with Crippen molar-refractivity contribution in [3.8, 4) is 0 Å². The van der Waals surface area contributed by atoms with Crippen LogP contribution in [0.2, 0.25) is 0 Å². The third-order valence-corrected chi connectivity index (χ3v) is 4.66. The summed E-state index contributed by atoms with van der Waals surface area (Å²) in [6.07, 6.45) is -11.1. The van der Waals surface area contributed by atoms with Crippen LogP contribution in [0.5, 0.6) is 0 Å². The Morgan fingerprint density at radius 2 is 1.59 bits per heavy atom. The van der Waals surface area contributed by atoms with Crippen molar-refractivity contribution >= 4 is 16.8 Å². The van der Waals surface area contributed by atoms with Crippen LogP contribution in [0.15, 0.2) is 35.3 Å². The lowest BCUT2D eigenvalue weighted by molar-refractivity contribution is -0.290. The maximum absolute atomic E-state index is 12.8. The summed E-state index contributed by atoms with van der Waals surface area (Å²) in [6.45, 7) is 0.852. The molecule has 1 N–H and O–H groups in total. The normalized spacial score (nSPS) is 26.4. The molecule has 1 aromatic rings. The van der Waals surface area contributed by atoms with Crippen LogP contribution in [0.3, 0.4) is 0 Å². The second-order valence-electron chi connectivity index (χ2n) is 4.98. The zero-order valence-electron chi connectivity index (χ0n) is 11.1. The molecule has 2 unspecified atom stereocenters. The van der Waals surface area contributed by atoms with E-state index in [2.05, 4.69) is 4.99 Å². The molecule has 22 heavy (non-hydrogen) atoms. The molecule has 0 aliphatic carbocycles. The zero-order valence-corrected chi connectivity index (χ0v) is 11.9. The Balaban J connectivity index is 2.38. The summed E-state index contributed by atoms with van der Waals surface area (Å²) < 4.78 is 77.1. The van der Waals surface area contributed by atoms with Gasteiger partial charge < -0.3 is 5.11 Å². The molecule has 0 saturated heterocycles. The first-order valence-electron chi connectivity index (χ1n) is 6.10. The Morgan fingerprint density at radius 3 is 2.05 bits per heavy atom. The van der Waals surface area contributed by atoms with Gasteiger partial charge in [-0.25, -0.2) is 4.99 Å². The fraction of sp³-hybridized carbons (Fsp3) is 0.462. The van der Waals surface area contributed by atoms with E-state index in [1.165, 1.54) is 12.1 Å². The monoisotopic (exact) mass is 343 g/mol. The van der Waals surface area contributed by atoms with Crippen LogP contribution < -0.4 is 0 Å². The van der Waals surface area contributed by atoms with Crippen LogP contribution in [-0.2, 0) is 0 Å². The summed E-state index contributed by atoms with van der Waals surface area (Å²) >= 11 is 0.293. The maximum Gasteiger partial charge on any atom is 0.401 e. The number of aliphatic imine (C=N–C) groups is 1. The highest BCUT2D eigenvalue weighted by Gasteiger charge is 2.65. The van der Waals surface area contributed by atoms with E-state index in [9.17, 15) is 31.4 Å². The van der Waals surface area contributed by atoms with E-state index >= 15 is 0 Å². The van der Waals surface area contributed by atoms with Gasteiger partial charge in [0, 0.05) is 5.56 Å². The van der Waals surface area contributed by atoms with E-state index in [1.54, 1.807) is 18.2 Å². The molecular formula is C13H11F6NOS. The van der Waals surface area contributed by atoms with Gasteiger partial charge in [-0.3, -0.25) is 0 Å². The fourth-order valence-electron chi connectivity index (χ4n) is 2.15. The van der Waals surface area contributed by atoms with Gasteiger partial charge in [0.25, 0.3) is 0 Å². The summed E-state index contributed by atoms with van der Waals surface area (Å²) in [5, 5.41) is 7.74. The van der Waals surface area contributed by atoms with Crippen molar-refractivity contribution in [1.82, 2.24) is 0 Å². The number of nitrogens with zero attached hydrogens (tertiary/aromatic N) is 1. The topological polar surface area (TPSA) is 32.6 Å². The highest BCUT2D eigenvalue weighted by molar-refractivity contribution is 8.15. The van der Waals surface area contributed by atoms with Gasteiger partial charge in [-0.15, -0.1) is 0 Å². The molecule has 9 heteroatoms. The lowest BCUT2D eigenvalue weighted by Gasteiger charge is -2.32. The second kappa shape index (κ2) is 5.45. The zero-order chi connectivity index (χ0) is 16.8. The Kier molecular flexibility index (Phi) is 4.25. The van der Waals surface area contributed by atoms with Crippen molar-refractivity contribution in [3.63, 3.8) is 0 Å². The Morgan fingerprint density at radius 1 is 1.09 bits per heavy atom. The van der Waals surface area contributed by atoms with Gasteiger partial charge in [0.15, 0.2) is 11.6 Å². The molecule has 0 amide bonds. The number of hydrogen-bond acceptors (Lipinski definition) is 3. The molecule has 0 spiro atoms. The van der Waals surface area contributed by atoms with E-state index in [0.717, 1.165) is 6.92 Å². The molecule has 2 nitrogen and oxygen atoms in total. The molecule has 1 aliphatic rings. The first kappa shape index (κ1) is 17.1. The van der Waals surface area contributed by atoms with Crippen molar-refractivity contribution in [1.29, 1.82) is 0 Å². The van der Waals surface area contributed by atoms with Gasteiger partial charge in [-0.05, 0) is 6.92 Å². The smallest absolute Gasteiger partial charge is 0.368 e. The molecular weight excluding hydrogens is 332 g/mol. The molecule has 2 atom stereocenters. The minimum Gasteiger partial charge on any atom is -0.368 e. The van der Waals surface area contributed by atoms with Crippen molar-refractivity contribution in [2.75, 3.05) is 0 Å². The van der Waals surface area contributed by atoms with Crippen molar-refractivity contribution < 1.29 is 31.4 Å². The van der Waals surface area contributed by atoms with Crippen LogP contribution in [0.1, 0.15) is 12.5 Å². The standard InChI is InChI=1S/C13H11F6NOS/c1-11(21)9(8(12(14,15)16)13(17,18)19)22-10(20-11)7-5-3-2-4-6-7/h2-6,8-9,21H,1H3. The van der Waals surface area contributed by atoms with Crippen LogP contribution in [0.4, 0.5) is 26.3 Å². The summed E-state index contributed by atoms with van der Waals surface area (Å²) in [6, 6.07) is 7.80. The van der Waals surface area contributed by atoms with Gasteiger partial charge in [-0.1, -0.05) is 42.1 Å². The number of thioether (sulfide) groups is 1. The van der Waals surface area contributed by atoms with Gasteiger partial charge in [0.2, 0.25) is 0 Å².